The number of hydrogen-bond acceptors (Lipinski definition) is 3. The van der Waals surface area contributed by atoms with Crippen LogP contribution in [-0.4, -0.2) is 27.6 Å². The molecule has 0 radical (unpaired) electrons. The Morgan fingerprint density at radius 2 is 2.08 bits per heavy atom. The van der Waals surface area contributed by atoms with E-state index in [0.29, 0.717) is 31.5 Å². The van der Waals surface area contributed by atoms with Crippen LogP contribution in [0.3, 0.4) is 0 Å². The summed E-state index contributed by atoms with van der Waals surface area (Å²) in [5.41, 5.74) is -0.669. The van der Waals surface area contributed by atoms with Crippen LogP contribution >= 0.6 is 0 Å². The number of Topliss-reactive ketones (excluding diaryl/α,β-unsaturated/α-hetero) is 1. The molecule has 0 bridgehead atoms. The van der Waals surface area contributed by atoms with E-state index in [9.17, 15) is 14.7 Å². The highest BCUT2D eigenvalue weighted by Crippen LogP contribution is 2.33. The minimum absolute atomic E-state index is 0.00627. The molecule has 4 heteroatoms. The third kappa shape index (κ3) is 8.00. The van der Waals surface area contributed by atoms with Gasteiger partial charge in [-0.3, -0.25) is 9.59 Å². The molecule has 1 fully saturated rings. The molecule has 0 amide bonds. The first-order valence-corrected chi connectivity index (χ1v) is 9.56. The molecule has 1 rings (SSSR count). The zero-order valence-corrected chi connectivity index (χ0v) is 15.9. The van der Waals surface area contributed by atoms with Crippen molar-refractivity contribution in [3.63, 3.8) is 0 Å². The van der Waals surface area contributed by atoms with E-state index in [1.807, 2.05) is 25.2 Å². The number of hydrogen-bond donors (Lipinski definition) is 2. The zero-order valence-electron chi connectivity index (χ0n) is 15.9. The van der Waals surface area contributed by atoms with Gasteiger partial charge < -0.3 is 10.2 Å². The number of carbonyl (C=O) groups is 2. The van der Waals surface area contributed by atoms with Crippen LogP contribution in [0.5, 0.6) is 0 Å². The molecule has 0 saturated heterocycles. The first-order valence-electron chi connectivity index (χ1n) is 9.56. The molecule has 4 nitrogen and oxygen atoms in total. The van der Waals surface area contributed by atoms with Crippen molar-refractivity contribution in [3.05, 3.63) is 24.3 Å². The first-order chi connectivity index (χ1) is 11.8. The van der Waals surface area contributed by atoms with Gasteiger partial charge in [-0.15, -0.1) is 0 Å². The summed E-state index contributed by atoms with van der Waals surface area (Å²) in [6.45, 7) is 5.67. The van der Waals surface area contributed by atoms with E-state index in [4.69, 9.17) is 5.11 Å². The molecule has 0 aliphatic heterocycles. The first kappa shape index (κ1) is 21.6. The average Bonchev–Trinajstić information content (AvgIpc) is 2.89. The quantitative estimate of drug-likeness (QED) is 0.537. The summed E-state index contributed by atoms with van der Waals surface area (Å²) in [6, 6.07) is 0. The van der Waals surface area contributed by atoms with Crippen LogP contribution < -0.4 is 0 Å². The molecule has 4 atom stereocenters. The summed E-state index contributed by atoms with van der Waals surface area (Å²) in [6.07, 6.45) is 14.1. The number of allylic oxidation sites excluding steroid dienone is 3. The van der Waals surface area contributed by atoms with Gasteiger partial charge >= 0.3 is 5.97 Å². The Labute approximate surface area is 152 Å². The molecule has 1 saturated carbocycles. The molecule has 0 aromatic carbocycles. The van der Waals surface area contributed by atoms with Crippen LogP contribution in [0.2, 0.25) is 0 Å². The third-order valence-electron chi connectivity index (χ3n) is 5.13. The van der Waals surface area contributed by atoms with E-state index < -0.39 is 17.5 Å². The standard InChI is InChI=1S/C21H34O4/c1-4-5-14-21(3,25)15-8-10-17-12-13-19(22)18(17)11-7-6-9-16(2)20(23)24/h6-8,10,16-18,25H,4-5,9,11-15H2,1-3H3,(H,23,24)/t16?,17-,18+,21?/m0/s1. The molecule has 2 unspecified atom stereocenters. The summed E-state index contributed by atoms with van der Waals surface area (Å²) >= 11 is 0. The predicted octanol–water partition coefficient (Wildman–Crippen LogP) is 4.53. The predicted molar refractivity (Wildman–Crippen MR) is 100 cm³/mol. The number of carboxylic acids is 1. The molecule has 0 spiro atoms. The van der Waals surface area contributed by atoms with Crippen molar-refractivity contribution in [2.24, 2.45) is 17.8 Å². The number of unbranched alkanes of at least 4 members (excludes halogenated alkanes) is 1. The topological polar surface area (TPSA) is 74.6 Å². The Kier molecular flexibility index (Phi) is 9.12. The van der Waals surface area contributed by atoms with Gasteiger partial charge in [-0.25, -0.2) is 0 Å². The molecule has 1 aliphatic rings. The molecule has 0 heterocycles. The minimum Gasteiger partial charge on any atom is -0.481 e. The van der Waals surface area contributed by atoms with E-state index >= 15 is 0 Å². The molecule has 1 aliphatic carbocycles. The summed E-state index contributed by atoms with van der Waals surface area (Å²) in [7, 11) is 0. The Bertz CT molecular complexity index is 490. The molecule has 0 aromatic heterocycles. The fourth-order valence-electron chi connectivity index (χ4n) is 3.27. The number of carbonyl (C=O) groups excluding carboxylic acids is 1. The average molecular weight is 350 g/mol. The lowest BCUT2D eigenvalue weighted by atomic mass is 9.89. The highest BCUT2D eigenvalue weighted by Gasteiger charge is 2.32. The largest absolute Gasteiger partial charge is 0.481 e. The summed E-state index contributed by atoms with van der Waals surface area (Å²) < 4.78 is 0. The maximum Gasteiger partial charge on any atom is 0.306 e. The summed E-state index contributed by atoms with van der Waals surface area (Å²) in [4.78, 5) is 22.9. The van der Waals surface area contributed by atoms with Crippen LogP contribution in [0.1, 0.15) is 72.1 Å². The van der Waals surface area contributed by atoms with Crippen molar-refractivity contribution >= 4 is 11.8 Å². The highest BCUT2D eigenvalue weighted by atomic mass is 16.4. The van der Waals surface area contributed by atoms with Crippen molar-refractivity contribution in [1.29, 1.82) is 0 Å². The molecular weight excluding hydrogens is 316 g/mol. The van der Waals surface area contributed by atoms with Gasteiger partial charge in [-0.05, 0) is 44.9 Å². The van der Waals surface area contributed by atoms with Crippen molar-refractivity contribution in [2.75, 3.05) is 0 Å². The van der Waals surface area contributed by atoms with Crippen LogP contribution in [-0.2, 0) is 9.59 Å². The van der Waals surface area contributed by atoms with E-state index in [-0.39, 0.29) is 11.8 Å². The number of rotatable bonds is 11. The lowest BCUT2D eigenvalue weighted by molar-refractivity contribution is -0.141. The molecular formula is C21H34O4. The van der Waals surface area contributed by atoms with Crippen molar-refractivity contribution in [2.45, 2.75) is 77.7 Å². The Morgan fingerprint density at radius 3 is 2.72 bits per heavy atom. The molecule has 0 aromatic rings. The Morgan fingerprint density at radius 1 is 1.36 bits per heavy atom. The third-order valence-corrected chi connectivity index (χ3v) is 5.13. The molecule has 25 heavy (non-hydrogen) atoms. The van der Waals surface area contributed by atoms with Gasteiger partial charge in [0.1, 0.15) is 5.78 Å². The van der Waals surface area contributed by atoms with E-state index in [1.54, 1.807) is 6.92 Å². The normalized spacial score (nSPS) is 24.9. The maximum absolute atomic E-state index is 12.1. The Hall–Kier alpha value is -1.42. The smallest absolute Gasteiger partial charge is 0.306 e. The number of aliphatic carboxylic acids is 1. The van der Waals surface area contributed by atoms with Gasteiger partial charge in [-0.1, -0.05) is 51.0 Å². The minimum atomic E-state index is -0.794. The van der Waals surface area contributed by atoms with E-state index in [2.05, 4.69) is 13.0 Å². The second kappa shape index (κ2) is 10.5. The van der Waals surface area contributed by atoms with Gasteiger partial charge in [0.15, 0.2) is 0 Å². The van der Waals surface area contributed by atoms with Crippen LogP contribution in [0, 0.1) is 17.8 Å². The van der Waals surface area contributed by atoms with Crippen LogP contribution in [0.15, 0.2) is 24.3 Å². The van der Waals surface area contributed by atoms with E-state index in [0.717, 1.165) is 25.7 Å². The van der Waals surface area contributed by atoms with Crippen molar-refractivity contribution in [3.8, 4) is 0 Å². The van der Waals surface area contributed by atoms with Crippen LogP contribution in [0.25, 0.3) is 0 Å². The molecule has 2 N–H and O–H groups in total. The summed E-state index contributed by atoms with van der Waals surface area (Å²) in [5.74, 6) is -0.665. The summed E-state index contributed by atoms with van der Waals surface area (Å²) in [5, 5.41) is 19.2. The number of aliphatic hydroxyl groups is 1. The Balaban J connectivity index is 2.50. The lowest BCUT2D eigenvalue weighted by Gasteiger charge is -2.21. The monoisotopic (exact) mass is 350 g/mol. The van der Waals surface area contributed by atoms with Crippen molar-refractivity contribution in [1.82, 2.24) is 0 Å². The fourth-order valence-corrected chi connectivity index (χ4v) is 3.27. The van der Waals surface area contributed by atoms with Gasteiger partial charge in [0.25, 0.3) is 0 Å². The fraction of sp³-hybridized carbons (Fsp3) is 0.714. The zero-order chi connectivity index (χ0) is 18.9. The van der Waals surface area contributed by atoms with Gasteiger partial charge in [0, 0.05) is 12.3 Å². The van der Waals surface area contributed by atoms with Gasteiger partial charge in [-0.2, -0.15) is 0 Å². The van der Waals surface area contributed by atoms with E-state index in [1.165, 1.54) is 0 Å². The number of carboxylic acid groups (broad SMARTS) is 1. The second-order valence-electron chi connectivity index (χ2n) is 7.69. The van der Waals surface area contributed by atoms with Crippen LogP contribution in [0.4, 0.5) is 0 Å². The highest BCUT2D eigenvalue weighted by molar-refractivity contribution is 5.83. The number of ketones is 1. The van der Waals surface area contributed by atoms with Gasteiger partial charge in [0.2, 0.25) is 0 Å². The maximum atomic E-state index is 12.1. The van der Waals surface area contributed by atoms with Gasteiger partial charge in [0.05, 0.1) is 11.5 Å². The molecule has 142 valence electrons. The lowest BCUT2D eigenvalue weighted by Crippen LogP contribution is -2.22. The second-order valence-corrected chi connectivity index (χ2v) is 7.69. The van der Waals surface area contributed by atoms with Crippen molar-refractivity contribution < 1.29 is 19.8 Å². The SMILES string of the molecule is CCCCC(C)(O)CC=C[C@H]1CCC(=O)[C@@H]1CC=CCC(C)C(=O)O.